The molecule has 0 saturated carbocycles. The fraction of sp³-hybridized carbons (Fsp3) is 0.462. The molecule has 1 unspecified atom stereocenters. The normalized spacial score (nSPS) is 12.9. The number of ketones is 1. The van der Waals surface area contributed by atoms with Crippen molar-refractivity contribution in [1.29, 1.82) is 0 Å². The number of carbonyl (C=O) groups is 1. The first-order valence-corrected chi connectivity index (χ1v) is 5.25. The highest BCUT2D eigenvalue weighted by molar-refractivity contribution is 5.87. The summed E-state index contributed by atoms with van der Waals surface area (Å²) < 4.78 is 0. The molecular weight excluding hydrogens is 172 g/mol. The summed E-state index contributed by atoms with van der Waals surface area (Å²) in [4.78, 5) is 11.9. The second-order valence-corrected chi connectivity index (χ2v) is 3.93. The first-order chi connectivity index (χ1) is 6.66. The van der Waals surface area contributed by atoms with Crippen LogP contribution in [0.1, 0.15) is 38.7 Å². The van der Waals surface area contributed by atoms with Crippen molar-refractivity contribution in [3.8, 4) is 0 Å². The monoisotopic (exact) mass is 190 g/mol. The highest BCUT2D eigenvalue weighted by Gasteiger charge is 2.20. The Bertz CT molecular complexity index is 287. The largest absolute Gasteiger partial charge is 0.299 e. The van der Waals surface area contributed by atoms with Gasteiger partial charge in [-0.15, -0.1) is 0 Å². The number of carbonyl (C=O) groups excluding carboxylic acids is 1. The van der Waals surface area contributed by atoms with Crippen LogP contribution in [0.5, 0.6) is 0 Å². The second kappa shape index (κ2) is 4.94. The van der Waals surface area contributed by atoms with E-state index in [2.05, 4.69) is 6.92 Å². The van der Waals surface area contributed by atoms with Crippen LogP contribution in [0, 0.1) is 5.92 Å². The molecule has 0 aromatic heterocycles. The van der Waals surface area contributed by atoms with E-state index in [1.807, 2.05) is 44.2 Å². The van der Waals surface area contributed by atoms with Crippen molar-refractivity contribution in [3.05, 3.63) is 35.9 Å². The zero-order valence-electron chi connectivity index (χ0n) is 9.16. The van der Waals surface area contributed by atoms with E-state index in [9.17, 15) is 4.79 Å². The van der Waals surface area contributed by atoms with Gasteiger partial charge in [0.25, 0.3) is 0 Å². The summed E-state index contributed by atoms with van der Waals surface area (Å²) in [5, 5.41) is 0. The van der Waals surface area contributed by atoms with Crippen LogP contribution in [0.25, 0.3) is 0 Å². The lowest BCUT2D eigenvalue weighted by molar-refractivity contribution is -0.123. The predicted molar refractivity (Wildman–Crippen MR) is 59.3 cm³/mol. The zero-order valence-corrected chi connectivity index (χ0v) is 9.16. The lowest BCUT2D eigenvalue weighted by atomic mass is 9.87. The summed E-state index contributed by atoms with van der Waals surface area (Å²) in [7, 11) is 0. The average molecular weight is 190 g/mol. The van der Waals surface area contributed by atoms with Crippen molar-refractivity contribution in [3.63, 3.8) is 0 Å². The Morgan fingerprint density at radius 2 is 1.79 bits per heavy atom. The first-order valence-electron chi connectivity index (χ1n) is 5.25. The molecule has 0 fully saturated rings. The van der Waals surface area contributed by atoms with E-state index in [0.29, 0.717) is 5.78 Å². The quantitative estimate of drug-likeness (QED) is 0.711. The Kier molecular flexibility index (Phi) is 3.87. The maximum Gasteiger partial charge on any atom is 0.142 e. The smallest absolute Gasteiger partial charge is 0.142 e. The minimum absolute atomic E-state index is 0.0798. The third-order valence-corrected chi connectivity index (χ3v) is 2.52. The van der Waals surface area contributed by atoms with Gasteiger partial charge in [0.1, 0.15) is 5.78 Å². The molecule has 1 aromatic rings. The molecule has 0 heterocycles. The molecule has 0 aliphatic carbocycles. The topological polar surface area (TPSA) is 17.1 Å². The molecule has 76 valence electrons. The van der Waals surface area contributed by atoms with E-state index in [0.717, 1.165) is 12.0 Å². The van der Waals surface area contributed by atoms with Gasteiger partial charge in [0, 0.05) is 11.8 Å². The van der Waals surface area contributed by atoms with Crippen molar-refractivity contribution >= 4 is 5.78 Å². The van der Waals surface area contributed by atoms with Crippen LogP contribution in [0.15, 0.2) is 30.3 Å². The van der Waals surface area contributed by atoms with Gasteiger partial charge in [0.15, 0.2) is 0 Å². The number of benzene rings is 1. The van der Waals surface area contributed by atoms with Gasteiger partial charge in [-0.1, -0.05) is 51.1 Å². The molecule has 0 aliphatic heterocycles. The SMILES string of the molecule is CCC(C(=O)C(C)C)c1ccccc1. The Morgan fingerprint density at radius 1 is 1.21 bits per heavy atom. The van der Waals surface area contributed by atoms with Gasteiger partial charge in [-0.2, -0.15) is 0 Å². The standard InChI is InChI=1S/C13H18O/c1-4-12(13(14)10(2)3)11-8-6-5-7-9-11/h5-10,12H,4H2,1-3H3. The Hall–Kier alpha value is -1.11. The molecule has 1 atom stereocenters. The highest BCUT2D eigenvalue weighted by Crippen LogP contribution is 2.23. The van der Waals surface area contributed by atoms with Crippen molar-refractivity contribution in [2.75, 3.05) is 0 Å². The molecule has 0 spiro atoms. The Balaban J connectivity index is 2.88. The Labute approximate surface area is 86.1 Å². The van der Waals surface area contributed by atoms with Crippen LogP contribution in [-0.4, -0.2) is 5.78 Å². The van der Waals surface area contributed by atoms with Gasteiger partial charge in [-0.25, -0.2) is 0 Å². The lowest BCUT2D eigenvalue weighted by Crippen LogP contribution is -2.17. The van der Waals surface area contributed by atoms with Crippen LogP contribution in [0.2, 0.25) is 0 Å². The van der Waals surface area contributed by atoms with Gasteiger partial charge in [-0.3, -0.25) is 4.79 Å². The zero-order chi connectivity index (χ0) is 10.6. The van der Waals surface area contributed by atoms with E-state index >= 15 is 0 Å². The third-order valence-electron chi connectivity index (χ3n) is 2.52. The van der Waals surface area contributed by atoms with Crippen LogP contribution >= 0.6 is 0 Å². The maximum atomic E-state index is 11.9. The highest BCUT2D eigenvalue weighted by atomic mass is 16.1. The van der Waals surface area contributed by atoms with Crippen molar-refractivity contribution < 1.29 is 4.79 Å². The minimum atomic E-state index is 0.0798. The summed E-state index contributed by atoms with van der Waals surface area (Å²) in [6, 6.07) is 10.0. The van der Waals surface area contributed by atoms with E-state index in [-0.39, 0.29) is 11.8 Å². The molecule has 0 radical (unpaired) electrons. The van der Waals surface area contributed by atoms with Gasteiger partial charge in [-0.05, 0) is 12.0 Å². The van der Waals surface area contributed by atoms with E-state index in [1.54, 1.807) is 0 Å². The van der Waals surface area contributed by atoms with E-state index in [1.165, 1.54) is 0 Å². The van der Waals surface area contributed by atoms with E-state index in [4.69, 9.17) is 0 Å². The van der Waals surface area contributed by atoms with Crippen molar-refractivity contribution in [2.24, 2.45) is 5.92 Å². The average Bonchev–Trinajstić information content (AvgIpc) is 2.20. The molecule has 1 nitrogen and oxygen atoms in total. The number of Topliss-reactive ketones (excluding diaryl/α,β-unsaturated/α-hetero) is 1. The molecule has 0 saturated heterocycles. The van der Waals surface area contributed by atoms with Gasteiger partial charge in [0.05, 0.1) is 0 Å². The van der Waals surface area contributed by atoms with Crippen molar-refractivity contribution in [2.45, 2.75) is 33.1 Å². The van der Waals surface area contributed by atoms with Gasteiger partial charge in [0.2, 0.25) is 0 Å². The summed E-state index contributed by atoms with van der Waals surface area (Å²) in [5.41, 5.74) is 1.15. The first kappa shape index (κ1) is 11.0. The molecule has 14 heavy (non-hydrogen) atoms. The molecule has 0 amide bonds. The Morgan fingerprint density at radius 3 is 2.21 bits per heavy atom. The molecule has 1 aromatic carbocycles. The summed E-state index contributed by atoms with van der Waals surface area (Å²) in [6.07, 6.45) is 0.890. The van der Waals surface area contributed by atoms with Gasteiger partial charge >= 0.3 is 0 Å². The van der Waals surface area contributed by atoms with Crippen LogP contribution in [0.4, 0.5) is 0 Å². The summed E-state index contributed by atoms with van der Waals surface area (Å²) in [5.74, 6) is 0.551. The molecule has 1 heteroatoms. The number of hydrogen-bond acceptors (Lipinski definition) is 1. The van der Waals surface area contributed by atoms with Crippen LogP contribution < -0.4 is 0 Å². The van der Waals surface area contributed by atoms with Crippen molar-refractivity contribution in [1.82, 2.24) is 0 Å². The summed E-state index contributed by atoms with van der Waals surface area (Å²) in [6.45, 7) is 6.00. The molecule has 0 N–H and O–H groups in total. The fourth-order valence-electron chi connectivity index (χ4n) is 1.69. The molecule has 1 rings (SSSR count). The van der Waals surface area contributed by atoms with E-state index < -0.39 is 0 Å². The predicted octanol–water partition coefficient (Wildman–Crippen LogP) is 3.41. The third kappa shape index (κ3) is 2.44. The van der Waals surface area contributed by atoms with Crippen LogP contribution in [-0.2, 0) is 4.79 Å². The number of hydrogen-bond donors (Lipinski definition) is 0. The van der Waals surface area contributed by atoms with Crippen LogP contribution in [0.3, 0.4) is 0 Å². The van der Waals surface area contributed by atoms with Gasteiger partial charge < -0.3 is 0 Å². The second-order valence-electron chi connectivity index (χ2n) is 3.93. The summed E-state index contributed by atoms with van der Waals surface area (Å²) >= 11 is 0. The fourth-order valence-corrected chi connectivity index (χ4v) is 1.69. The number of rotatable bonds is 4. The molecule has 0 aliphatic rings. The minimum Gasteiger partial charge on any atom is -0.299 e. The molecular formula is C13H18O. The molecule has 0 bridgehead atoms. The lowest BCUT2D eigenvalue weighted by Gasteiger charge is -2.16. The maximum absolute atomic E-state index is 11.9.